The number of hydrogen-bond donors (Lipinski definition) is 2. The molecule has 2 aromatic heterocycles. The Labute approximate surface area is 189 Å². The number of Topliss-reactive ketones (excluding diaryl/α,β-unsaturated/α-hetero) is 1. The largest absolute Gasteiger partial charge is 0.573 e. The Morgan fingerprint density at radius 1 is 1.12 bits per heavy atom. The number of hydrogen-bond acceptors (Lipinski definition) is 6. The molecule has 1 aliphatic rings. The summed E-state index contributed by atoms with van der Waals surface area (Å²) in [5.74, 6) is -1.57. The van der Waals surface area contributed by atoms with E-state index in [0.717, 1.165) is 6.07 Å². The van der Waals surface area contributed by atoms with Crippen molar-refractivity contribution < 1.29 is 37.7 Å². The summed E-state index contributed by atoms with van der Waals surface area (Å²) >= 11 is 0. The van der Waals surface area contributed by atoms with Gasteiger partial charge in [0.05, 0.1) is 0 Å². The second-order valence-electron chi connectivity index (χ2n) is 7.60. The van der Waals surface area contributed by atoms with E-state index in [9.17, 15) is 28.2 Å². The molecule has 0 bridgehead atoms. The van der Waals surface area contributed by atoms with Crippen molar-refractivity contribution in [2.45, 2.75) is 6.36 Å². The number of fused-ring (bicyclic) bond motifs is 2. The highest BCUT2D eigenvalue weighted by molar-refractivity contribution is 6.17. The number of phenolic OH excluding ortho intramolecular Hbond substituents is 2. The smallest absolute Gasteiger partial charge is 0.508 e. The number of aromatic nitrogens is 2. The van der Waals surface area contributed by atoms with E-state index in [2.05, 4.69) is 9.72 Å². The van der Waals surface area contributed by atoms with Gasteiger partial charge in [-0.3, -0.25) is 4.79 Å². The van der Waals surface area contributed by atoms with Crippen LogP contribution in [0.1, 0.15) is 15.9 Å². The molecule has 2 aromatic carbocycles. The Morgan fingerprint density at radius 2 is 1.85 bits per heavy atom. The lowest BCUT2D eigenvalue weighted by atomic mass is 10.0. The Balaban J connectivity index is 1.59. The van der Waals surface area contributed by atoms with Gasteiger partial charge >= 0.3 is 6.36 Å². The zero-order valence-corrected chi connectivity index (χ0v) is 17.4. The molecule has 0 atom stereocenters. The van der Waals surface area contributed by atoms with Crippen LogP contribution in [0.4, 0.5) is 13.2 Å². The Kier molecular flexibility index (Phi) is 4.75. The molecule has 0 radical (unpaired) electrons. The van der Waals surface area contributed by atoms with Gasteiger partial charge < -0.3 is 24.3 Å². The highest BCUT2D eigenvalue weighted by Gasteiger charge is 2.32. The Bertz CT molecular complexity index is 1490. The molecule has 2 N–H and O–H groups in total. The fourth-order valence-electron chi connectivity index (χ4n) is 3.94. The van der Waals surface area contributed by atoms with Gasteiger partial charge in [-0.2, -0.15) is 0 Å². The van der Waals surface area contributed by atoms with E-state index in [-0.39, 0.29) is 28.6 Å². The van der Waals surface area contributed by atoms with Crippen LogP contribution >= 0.6 is 0 Å². The van der Waals surface area contributed by atoms with Crippen molar-refractivity contribution in [3.05, 3.63) is 71.7 Å². The molecular formula is C24H15F3N2O5. The van der Waals surface area contributed by atoms with Gasteiger partial charge in [-0.1, -0.05) is 12.1 Å². The third kappa shape index (κ3) is 3.68. The fraction of sp³-hybridized carbons (Fsp3) is 0.0833. The molecule has 0 saturated heterocycles. The summed E-state index contributed by atoms with van der Waals surface area (Å²) in [4.78, 5) is 17.2. The van der Waals surface area contributed by atoms with Crippen molar-refractivity contribution in [3.8, 4) is 34.1 Å². The quantitative estimate of drug-likeness (QED) is 0.403. The van der Waals surface area contributed by atoms with E-state index in [4.69, 9.17) is 4.74 Å². The van der Waals surface area contributed by atoms with Gasteiger partial charge in [-0.15, -0.1) is 13.2 Å². The monoisotopic (exact) mass is 468 g/mol. The third-order valence-electron chi connectivity index (χ3n) is 5.31. The van der Waals surface area contributed by atoms with E-state index >= 15 is 0 Å². The zero-order chi connectivity index (χ0) is 24.2. The van der Waals surface area contributed by atoms with Crippen LogP contribution in [0.3, 0.4) is 0 Å². The lowest BCUT2D eigenvalue weighted by molar-refractivity contribution is -0.274. The first-order valence-electron chi connectivity index (χ1n) is 9.91. The Morgan fingerprint density at radius 3 is 2.56 bits per heavy atom. The summed E-state index contributed by atoms with van der Waals surface area (Å²) in [7, 11) is 1.76. The van der Waals surface area contributed by atoms with Gasteiger partial charge in [-0.05, 0) is 35.4 Å². The van der Waals surface area contributed by atoms with Gasteiger partial charge in [-0.25, -0.2) is 4.98 Å². The number of allylic oxidation sites excluding steroid dienone is 1. The second kappa shape index (κ2) is 7.55. The molecule has 0 saturated carbocycles. The molecule has 0 amide bonds. The predicted molar refractivity (Wildman–Crippen MR) is 116 cm³/mol. The molecule has 0 spiro atoms. The number of aryl methyl sites for hydroxylation is 1. The minimum absolute atomic E-state index is 0.0348. The lowest BCUT2D eigenvalue weighted by Gasteiger charge is -2.10. The molecular weight excluding hydrogens is 453 g/mol. The van der Waals surface area contributed by atoms with Crippen molar-refractivity contribution in [2.75, 3.05) is 0 Å². The van der Waals surface area contributed by atoms with Crippen molar-refractivity contribution in [1.29, 1.82) is 0 Å². The number of aromatic hydroxyl groups is 2. The topological polar surface area (TPSA) is 93.8 Å². The van der Waals surface area contributed by atoms with Crippen molar-refractivity contribution in [2.24, 2.45) is 7.05 Å². The zero-order valence-electron chi connectivity index (χ0n) is 17.4. The van der Waals surface area contributed by atoms with Crippen molar-refractivity contribution >= 4 is 22.9 Å². The van der Waals surface area contributed by atoms with Crippen LogP contribution in [0.25, 0.3) is 28.2 Å². The van der Waals surface area contributed by atoms with Crippen LogP contribution < -0.4 is 9.47 Å². The SMILES string of the molecule is Cn1cc(C=C2Oc3cc(O)cc(O)c3C2=O)c2c(-c3ccc(OC(F)(F)F)cc3)ccnc21. The number of carbonyl (C=O) groups excluding carboxylic acids is 1. The molecule has 172 valence electrons. The molecule has 0 unspecified atom stereocenters. The highest BCUT2D eigenvalue weighted by atomic mass is 19.4. The van der Waals surface area contributed by atoms with Crippen LogP contribution in [-0.2, 0) is 7.05 Å². The number of alkyl halides is 3. The van der Waals surface area contributed by atoms with E-state index in [1.165, 1.54) is 36.4 Å². The Hall–Kier alpha value is -4.47. The van der Waals surface area contributed by atoms with Crippen LogP contribution in [0.15, 0.2) is 60.6 Å². The maximum atomic E-state index is 12.8. The summed E-state index contributed by atoms with van der Waals surface area (Å²) in [5.41, 5.74) is 2.36. The number of ketones is 1. The minimum Gasteiger partial charge on any atom is -0.508 e. The molecule has 10 heteroatoms. The minimum atomic E-state index is -4.79. The van der Waals surface area contributed by atoms with Gasteiger partial charge in [0.1, 0.15) is 34.2 Å². The number of ether oxygens (including phenoxy) is 2. The summed E-state index contributed by atoms with van der Waals surface area (Å²) in [5, 5.41) is 20.4. The molecule has 34 heavy (non-hydrogen) atoms. The molecule has 5 rings (SSSR count). The standard InChI is InChI=1S/C24H15F3N2O5/c1-29-11-13(8-19-22(32)21-17(31)9-14(30)10-18(21)33-19)20-16(6-7-28-23(20)29)12-2-4-15(5-3-12)34-24(25,26)27/h2-11,30-31H,1H3. The first kappa shape index (κ1) is 21.4. The fourth-order valence-corrected chi connectivity index (χ4v) is 3.94. The average molecular weight is 468 g/mol. The maximum absolute atomic E-state index is 12.8. The van der Waals surface area contributed by atoms with Gasteiger partial charge in [0.25, 0.3) is 0 Å². The van der Waals surface area contributed by atoms with E-state index in [1.54, 1.807) is 30.1 Å². The van der Waals surface area contributed by atoms with Gasteiger partial charge in [0, 0.05) is 42.5 Å². The third-order valence-corrected chi connectivity index (χ3v) is 5.31. The molecule has 0 fully saturated rings. The number of halogens is 3. The second-order valence-corrected chi connectivity index (χ2v) is 7.60. The highest BCUT2D eigenvalue weighted by Crippen LogP contribution is 2.41. The number of pyridine rings is 1. The predicted octanol–water partition coefficient (Wildman–Crippen LogP) is 5.17. The van der Waals surface area contributed by atoms with Gasteiger partial charge in [0.2, 0.25) is 5.78 Å². The average Bonchev–Trinajstić information content (AvgIpc) is 3.24. The molecule has 0 aliphatic carbocycles. The number of phenols is 2. The summed E-state index contributed by atoms with van der Waals surface area (Å²) in [6, 6.07) is 9.40. The number of nitrogens with zero attached hydrogens (tertiary/aromatic N) is 2. The van der Waals surface area contributed by atoms with Crippen LogP contribution in [0, 0.1) is 0 Å². The van der Waals surface area contributed by atoms with E-state index in [0.29, 0.717) is 27.7 Å². The van der Waals surface area contributed by atoms with Crippen LogP contribution in [-0.4, -0.2) is 31.9 Å². The normalized spacial score (nSPS) is 14.5. The van der Waals surface area contributed by atoms with Crippen LogP contribution in [0.2, 0.25) is 0 Å². The lowest BCUT2D eigenvalue weighted by Crippen LogP contribution is -2.16. The maximum Gasteiger partial charge on any atom is 0.573 e. The molecule has 7 nitrogen and oxygen atoms in total. The number of rotatable bonds is 3. The first-order chi connectivity index (χ1) is 16.1. The van der Waals surface area contributed by atoms with E-state index in [1.807, 2.05) is 0 Å². The summed E-state index contributed by atoms with van der Waals surface area (Å²) in [6.45, 7) is 0. The summed E-state index contributed by atoms with van der Waals surface area (Å²) in [6.07, 6.45) is 0.00316. The number of carbonyl (C=O) groups is 1. The molecule has 3 heterocycles. The van der Waals surface area contributed by atoms with Gasteiger partial charge in [0.15, 0.2) is 5.76 Å². The van der Waals surface area contributed by atoms with Crippen molar-refractivity contribution in [1.82, 2.24) is 9.55 Å². The molecule has 1 aliphatic heterocycles. The first-order valence-corrected chi connectivity index (χ1v) is 9.91. The van der Waals surface area contributed by atoms with E-state index < -0.39 is 17.9 Å². The summed E-state index contributed by atoms with van der Waals surface area (Å²) < 4.78 is 48.7. The number of benzene rings is 2. The van der Waals surface area contributed by atoms with Crippen molar-refractivity contribution in [3.63, 3.8) is 0 Å². The molecule has 4 aromatic rings. The van der Waals surface area contributed by atoms with Crippen LogP contribution in [0.5, 0.6) is 23.0 Å².